The van der Waals surface area contributed by atoms with Crippen molar-refractivity contribution in [1.29, 1.82) is 0 Å². The molecule has 0 unspecified atom stereocenters. The summed E-state index contributed by atoms with van der Waals surface area (Å²) in [5, 5.41) is 3.11. The first-order valence-corrected chi connectivity index (χ1v) is 8.23. The summed E-state index contributed by atoms with van der Waals surface area (Å²) < 4.78 is 0. The summed E-state index contributed by atoms with van der Waals surface area (Å²) in [6, 6.07) is 2.37. The highest BCUT2D eigenvalue weighted by Crippen LogP contribution is 2.54. The third-order valence-electron chi connectivity index (χ3n) is 5.62. The molecule has 1 aromatic rings. The maximum atomic E-state index is 12.4. The molecule has 0 aliphatic heterocycles. The van der Waals surface area contributed by atoms with Crippen LogP contribution in [0.1, 0.15) is 42.5 Å². The smallest absolute Gasteiger partial charge is 0.223 e. The highest BCUT2D eigenvalue weighted by Gasteiger charge is 2.55. The number of pyridine rings is 1. The third-order valence-corrected chi connectivity index (χ3v) is 5.62. The molecule has 0 spiro atoms. The van der Waals surface area contributed by atoms with E-state index in [0.29, 0.717) is 18.4 Å². The van der Waals surface area contributed by atoms with E-state index in [0.717, 1.165) is 31.4 Å². The molecule has 3 N–H and O–H groups in total. The van der Waals surface area contributed by atoms with E-state index in [1.54, 1.807) is 0 Å². The highest BCUT2D eigenvalue weighted by molar-refractivity contribution is 5.80. The number of fused-ring (bicyclic) bond motifs is 2. The molecular weight excluding hydrogens is 262 g/mol. The Morgan fingerprint density at radius 3 is 2.90 bits per heavy atom. The molecule has 2 saturated carbocycles. The van der Waals surface area contributed by atoms with Gasteiger partial charge in [0.1, 0.15) is 0 Å². The van der Waals surface area contributed by atoms with Crippen LogP contribution in [0.15, 0.2) is 12.3 Å². The summed E-state index contributed by atoms with van der Waals surface area (Å²) in [7, 11) is 0. The van der Waals surface area contributed by atoms with Crippen LogP contribution in [0.2, 0.25) is 0 Å². The van der Waals surface area contributed by atoms with Crippen LogP contribution in [0.4, 0.5) is 0 Å². The Bertz CT molecular complexity index is 571. The van der Waals surface area contributed by atoms with Gasteiger partial charge in [-0.15, -0.1) is 0 Å². The molecule has 3 aliphatic carbocycles. The molecular formula is C17H23N3O. The number of aryl methyl sites for hydroxylation is 1. The Morgan fingerprint density at radius 1 is 1.29 bits per heavy atom. The summed E-state index contributed by atoms with van der Waals surface area (Å²) >= 11 is 0. The predicted molar refractivity (Wildman–Crippen MR) is 80.4 cm³/mol. The lowest BCUT2D eigenvalue weighted by Gasteiger charge is -2.19. The van der Waals surface area contributed by atoms with E-state index in [9.17, 15) is 4.79 Å². The van der Waals surface area contributed by atoms with Gasteiger partial charge < -0.3 is 11.1 Å². The van der Waals surface area contributed by atoms with Gasteiger partial charge in [0, 0.05) is 18.2 Å². The van der Waals surface area contributed by atoms with E-state index in [1.807, 2.05) is 6.20 Å². The van der Waals surface area contributed by atoms with Crippen LogP contribution >= 0.6 is 0 Å². The van der Waals surface area contributed by atoms with Crippen LogP contribution < -0.4 is 11.1 Å². The van der Waals surface area contributed by atoms with E-state index < -0.39 is 0 Å². The molecule has 1 amide bonds. The Hall–Kier alpha value is -1.42. The van der Waals surface area contributed by atoms with Crippen molar-refractivity contribution in [1.82, 2.24) is 10.3 Å². The van der Waals surface area contributed by atoms with Gasteiger partial charge in [0.05, 0.1) is 12.2 Å². The average molecular weight is 285 g/mol. The summed E-state index contributed by atoms with van der Waals surface area (Å²) in [5.41, 5.74) is 9.91. The lowest BCUT2D eigenvalue weighted by Crippen LogP contribution is -2.33. The second-order valence-corrected chi connectivity index (χ2v) is 6.89. The minimum atomic E-state index is 0.143. The second-order valence-electron chi connectivity index (χ2n) is 6.89. The summed E-state index contributed by atoms with van der Waals surface area (Å²) in [6.07, 6.45) is 8.66. The molecule has 0 bridgehead atoms. The SMILES string of the molecule is N[C@@H]1C[C@H](C(=O)NCc2nccc3c2CCCC3)[C@H]2C[C@H]21. The number of hydrogen-bond acceptors (Lipinski definition) is 3. The zero-order valence-corrected chi connectivity index (χ0v) is 12.3. The molecule has 3 aliphatic rings. The fourth-order valence-corrected chi connectivity index (χ4v) is 4.33. The van der Waals surface area contributed by atoms with E-state index in [2.05, 4.69) is 16.4 Å². The zero-order valence-electron chi connectivity index (χ0n) is 12.3. The number of carbonyl (C=O) groups excluding carboxylic acids is 1. The molecule has 4 rings (SSSR count). The van der Waals surface area contributed by atoms with E-state index >= 15 is 0 Å². The Kier molecular flexibility index (Phi) is 3.21. The monoisotopic (exact) mass is 285 g/mol. The summed E-state index contributed by atoms with van der Waals surface area (Å²) in [5.74, 6) is 1.50. The number of carbonyl (C=O) groups is 1. The molecule has 0 saturated heterocycles. The summed E-state index contributed by atoms with van der Waals surface area (Å²) in [4.78, 5) is 16.9. The maximum absolute atomic E-state index is 12.4. The molecule has 4 heteroatoms. The molecule has 0 aromatic carbocycles. The molecule has 112 valence electrons. The molecule has 21 heavy (non-hydrogen) atoms. The van der Waals surface area contributed by atoms with Crippen molar-refractivity contribution in [2.75, 3.05) is 0 Å². The maximum Gasteiger partial charge on any atom is 0.223 e. The van der Waals surface area contributed by atoms with Crippen molar-refractivity contribution >= 4 is 5.91 Å². The van der Waals surface area contributed by atoms with Crippen LogP contribution in [0.3, 0.4) is 0 Å². The van der Waals surface area contributed by atoms with Gasteiger partial charge in [0.15, 0.2) is 0 Å². The Morgan fingerprint density at radius 2 is 2.14 bits per heavy atom. The number of amides is 1. The number of rotatable bonds is 3. The van der Waals surface area contributed by atoms with Gasteiger partial charge >= 0.3 is 0 Å². The first-order chi connectivity index (χ1) is 10.2. The largest absolute Gasteiger partial charge is 0.350 e. The number of nitrogens with zero attached hydrogens (tertiary/aromatic N) is 1. The quantitative estimate of drug-likeness (QED) is 0.885. The topological polar surface area (TPSA) is 68.0 Å². The lowest BCUT2D eigenvalue weighted by atomic mass is 9.91. The second kappa shape index (κ2) is 5.09. The fraction of sp³-hybridized carbons (Fsp3) is 0.647. The van der Waals surface area contributed by atoms with E-state index in [1.165, 1.54) is 24.0 Å². The van der Waals surface area contributed by atoms with Crippen LogP contribution in [0, 0.1) is 17.8 Å². The normalized spacial score (nSPS) is 33.2. The van der Waals surface area contributed by atoms with Gasteiger partial charge in [-0.1, -0.05) is 0 Å². The molecule has 0 radical (unpaired) electrons. The van der Waals surface area contributed by atoms with Crippen LogP contribution in [-0.4, -0.2) is 16.9 Å². The van der Waals surface area contributed by atoms with Crippen molar-refractivity contribution in [3.63, 3.8) is 0 Å². The van der Waals surface area contributed by atoms with E-state index in [-0.39, 0.29) is 17.9 Å². The van der Waals surface area contributed by atoms with E-state index in [4.69, 9.17) is 5.73 Å². The Balaban J connectivity index is 1.42. The first kappa shape index (κ1) is 13.3. The highest BCUT2D eigenvalue weighted by atomic mass is 16.1. The first-order valence-electron chi connectivity index (χ1n) is 8.23. The van der Waals surface area contributed by atoms with Crippen molar-refractivity contribution in [3.05, 3.63) is 29.1 Å². The zero-order chi connectivity index (χ0) is 14.4. The standard InChI is InChI=1S/C17H23N3O/c18-15-8-14(12-7-13(12)15)17(21)20-9-16-11-4-2-1-3-10(11)5-6-19-16/h5-6,12-15H,1-4,7-9,18H2,(H,20,21)/t12-,13+,14-,15+/m0/s1. The van der Waals surface area contributed by atoms with Gasteiger partial charge in [0.25, 0.3) is 0 Å². The fourth-order valence-electron chi connectivity index (χ4n) is 4.33. The van der Waals surface area contributed by atoms with Crippen LogP contribution in [0.5, 0.6) is 0 Å². The van der Waals surface area contributed by atoms with Crippen LogP contribution in [-0.2, 0) is 24.2 Å². The van der Waals surface area contributed by atoms with Crippen molar-refractivity contribution in [3.8, 4) is 0 Å². The van der Waals surface area contributed by atoms with Gasteiger partial charge in [-0.25, -0.2) is 0 Å². The molecule has 4 atom stereocenters. The Labute approximate surface area is 125 Å². The number of nitrogens with one attached hydrogen (secondary N) is 1. The number of nitrogens with two attached hydrogens (primary N) is 1. The molecule has 2 fully saturated rings. The number of hydrogen-bond donors (Lipinski definition) is 2. The van der Waals surface area contributed by atoms with Crippen molar-refractivity contribution < 1.29 is 4.79 Å². The van der Waals surface area contributed by atoms with Gasteiger partial charge in [-0.2, -0.15) is 0 Å². The average Bonchev–Trinajstić information content (AvgIpc) is 3.24. The minimum Gasteiger partial charge on any atom is -0.350 e. The van der Waals surface area contributed by atoms with Gasteiger partial charge in [-0.3, -0.25) is 9.78 Å². The molecule has 4 nitrogen and oxygen atoms in total. The van der Waals surface area contributed by atoms with Crippen molar-refractivity contribution in [2.45, 2.75) is 51.1 Å². The lowest BCUT2D eigenvalue weighted by molar-refractivity contribution is -0.125. The van der Waals surface area contributed by atoms with Crippen molar-refractivity contribution in [2.24, 2.45) is 23.5 Å². The molecule has 1 aromatic heterocycles. The predicted octanol–water partition coefficient (Wildman–Crippen LogP) is 1.56. The van der Waals surface area contributed by atoms with Crippen LogP contribution in [0.25, 0.3) is 0 Å². The number of aromatic nitrogens is 1. The minimum absolute atomic E-state index is 0.143. The summed E-state index contributed by atoms with van der Waals surface area (Å²) in [6.45, 7) is 0.575. The third kappa shape index (κ3) is 2.35. The van der Waals surface area contributed by atoms with Gasteiger partial charge in [-0.05, 0) is 67.6 Å². The molecule has 1 heterocycles. The van der Waals surface area contributed by atoms with Gasteiger partial charge in [0.2, 0.25) is 5.91 Å².